The van der Waals surface area contributed by atoms with Crippen molar-refractivity contribution in [2.24, 2.45) is 0 Å². The van der Waals surface area contributed by atoms with Gasteiger partial charge in [0.05, 0.1) is 4.92 Å². The average Bonchev–Trinajstić information content (AvgIpc) is 2.07. The van der Waals surface area contributed by atoms with Crippen LogP contribution in [0, 0.1) is 17.0 Å². The summed E-state index contributed by atoms with van der Waals surface area (Å²) in [5.41, 5.74) is 0.0270. The van der Waals surface area contributed by atoms with Crippen molar-refractivity contribution in [3.63, 3.8) is 0 Å². The van der Waals surface area contributed by atoms with E-state index in [2.05, 4.69) is 0 Å². The first kappa shape index (κ1) is 11.0. The second kappa shape index (κ2) is 3.95. The van der Waals surface area contributed by atoms with Crippen molar-refractivity contribution in [2.45, 2.75) is 6.92 Å². The van der Waals surface area contributed by atoms with Gasteiger partial charge in [-0.15, -0.1) is 0 Å². The van der Waals surface area contributed by atoms with Crippen molar-refractivity contribution in [3.05, 3.63) is 32.8 Å². The Morgan fingerprint density at radius 1 is 1.50 bits per heavy atom. The molecular weight excluding hydrogens is 208 g/mol. The lowest BCUT2D eigenvalue weighted by Gasteiger charge is -2.05. The molecule has 74 valence electrons. The molecule has 0 aliphatic carbocycles. The van der Waals surface area contributed by atoms with Gasteiger partial charge in [0.15, 0.2) is 0 Å². The van der Waals surface area contributed by atoms with Gasteiger partial charge in [-0.05, 0) is 18.5 Å². The molecule has 0 amide bonds. The van der Waals surface area contributed by atoms with Crippen molar-refractivity contribution in [2.75, 3.05) is 0 Å². The molecule has 0 heterocycles. The molecule has 1 aromatic carbocycles. The van der Waals surface area contributed by atoms with Gasteiger partial charge in [0.2, 0.25) is 0 Å². The molecule has 0 atom stereocenters. The van der Waals surface area contributed by atoms with Gasteiger partial charge in [-0.1, -0.05) is 11.6 Å². The van der Waals surface area contributed by atoms with Crippen LogP contribution in [-0.4, -0.2) is 22.1 Å². The molecule has 0 fully saturated rings. The highest BCUT2D eigenvalue weighted by molar-refractivity contribution is 6.59. The first-order valence-corrected chi connectivity index (χ1v) is 4.12. The Bertz CT molecular complexity index is 382. The lowest BCUT2D eigenvalue weighted by Crippen LogP contribution is -2.32. The Hall–Kier alpha value is -1.11. The number of nitro groups is 1. The SMILES string of the molecule is Cc1c(B(O)O)cc(Cl)cc1[N+](=O)[O-]. The van der Waals surface area contributed by atoms with Gasteiger partial charge in [-0.25, -0.2) is 0 Å². The van der Waals surface area contributed by atoms with Gasteiger partial charge in [0.1, 0.15) is 0 Å². The Balaban J connectivity index is 3.40. The molecule has 0 radical (unpaired) electrons. The number of benzene rings is 1. The quantitative estimate of drug-likeness (QED) is 0.420. The van der Waals surface area contributed by atoms with Gasteiger partial charge in [-0.2, -0.15) is 0 Å². The zero-order valence-electron chi connectivity index (χ0n) is 7.27. The third-order valence-corrected chi connectivity index (χ3v) is 2.08. The standard InChI is InChI=1S/C7H7BClNO4/c1-4-6(8(11)12)2-5(9)3-7(4)10(13)14/h2-3,11-12H,1H3. The number of hydrogen-bond acceptors (Lipinski definition) is 4. The van der Waals surface area contributed by atoms with E-state index in [1.165, 1.54) is 19.1 Å². The summed E-state index contributed by atoms with van der Waals surface area (Å²) < 4.78 is 0. The Morgan fingerprint density at radius 2 is 2.07 bits per heavy atom. The van der Waals surface area contributed by atoms with Crippen LogP contribution >= 0.6 is 11.6 Å². The normalized spacial score (nSPS) is 10.0. The highest BCUT2D eigenvalue weighted by Crippen LogP contribution is 2.20. The van der Waals surface area contributed by atoms with Crippen LogP contribution in [-0.2, 0) is 0 Å². The van der Waals surface area contributed by atoms with Gasteiger partial charge >= 0.3 is 7.12 Å². The van der Waals surface area contributed by atoms with E-state index in [9.17, 15) is 10.1 Å². The predicted octanol–water partition coefficient (Wildman–Crippen LogP) is 0.236. The second-order valence-electron chi connectivity index (χ2n) is 2.77. The molecule has 0 spiro atoms. The number of nitro benzene ring substituents is 1. The van der Waals surface area contributed by atoms with Crippen LogP contribution in [0.3, 0.4) is 0 Å². The molecule has 7 heteroatoms. The molecule has 0 unspecified atom stereocenters. The molecule has 1 rings (SSSR count). The summed E-state index contributed by atoms with van der Waals surface area (Å²) in [6, 6.07) is 2.46. The van der Waals surface area contributed by atoms with Crippen LogP contribution in [0.1, 0.15) is 5.56 Å². The Morgan fingerprint density at radius 3 is 2.50 bits per heavy atom. The van der Waals surface area contributed by atoms with E-state index in [4.69, 9.17) is 21.6 Å². The summed E-state index contributed by atoms with van der Waals surface area (Å²) >= 11 is 5.58. The smallest absolute Gasteiger partial charge is 0.423 e. The van der Waals surface area contributed by atoms with Gasteiger partial charge in [0.25, 0.3) is 5.69 Å². The molecule has 0 aliphatic rings. The minimum absolute atomic E-state index is 0.0456. The van der Waals surface area contributed by atoms with Gasteiger partial charge in [0, 0.05) is 16.7 Å². The minimum atomic E-state index is -1.76. The summed E-state index contributed by atoms with van der Waals surface area (Å²) in [6.45, 7) is 1.43. The van der Waals surface area contributed by atoms with Crippen LogP contribution in [0.5, 0.6) is 0 Å². The van der Waals surface area contributed by atoms with E-state index in [1.807, 2.05) is 0 Å². The first-order valence-electron chi connectivity index (χ1n) is 3.74. The zero-order chi connectivity index (χ0) is 10.9. The van der Waals surface area contributed by atoms with Crippen molar-refractivity contribution in [1.29, 1.82) is 0 Å². The van der Waals surface area contributed by atoms with E-state index in [-0.39, 0.29) is 21.7 Å². The molecule has 1 aromatic rings. The summed E-state index contributed by atoms with van der Waals surface area (Å²) in [5, 5.41) is 28.5. The summed E-state index contributed by atoms with van der Waals surface area (Å²) in [6.07, 6.45) is 0. The number of halogens is 1. The summed E-state index contributed by atoms with van der Waals surface area (Å²) in [7, 11) is -1.76. The van der Waals surface area contributed by atoms with E-state index in [0.717, 1.165) is 0 Å². The molecule has 2 N–H and O–H groups in total. The van der Waals surface area contributed by atoms with Crippen molar-refractivity contribution in [3.8, 4) is 0 Å². The molecule has 0 saturated carbocycles. The van der Waals surface area contributed by atoms with Crippen molar-refractivity contribution < 1.29 is 15.0 Å². The lowest BCUT2D eigenvalue weighted by atomic mass is 9.77. The zero-order valence-corrected chi connectivity index (χ0v) is 8.02. The summed E-state index contributed by atoms with van der Waals surface area (Å²) in [5.74, 6) is 0. The lowest BCUT2D eigenvalue weighted by molar-refractivity contribution is -0.385. The number of nitrogens with zero attached hydrogens (tertiary/aromatic N) is 1. The van der Waals surface area contributed by atoms with E-state index in [1.54, 1.807) is 0 Å². The maximum Gasteiger partial charge on any atom is 0.489 e. The first-order chi connectivity index (χ1) is 6.43. The predicted molar refractivity (Wildman–Crippen MR) is 52.7 cm³/mol. The third kappa shape index (κ3) is 2.04. The fraction of sp³-hybridized carbons (Fsp3) is 0.143. The van der Waals surface area contributed by atoms with E-state index < -0.39 is 12.0 Å². The van der Waals surface area contributed by atoms with Crippen LogP contribution in [0.25, 0.3) is 0 Å². The Kier molecular flexibility index (Phi) is 3.10. The number of hydrogen-bond donors (Lipinski definition) is 2. The second-order valence-corrected chi connectivity index (χ2v) is 3.21. The Labute approximate surface area is 85.2 Å². The topological polar surface area (TPSA) is 83.6 Å². The van der Waals surface area contributed by atoms with E-state index >= 15 is 0 Å². The molecule has 14 heavy (non-hydrogen) atoms. The van der Waals surface area contributed by atoms with Crippen molar-refractivity contribution >= 4 is 29.9 Å². The molecule has 0 bridgehead atoms. The molecular formula is C7H7BClNO4. The fourth-order valence-electron chi connectivity index (χ4n) is 1.14. The van der Waals surface area contributed by atoms with Crippen LogP contribution in [0.2, 0.25) is 5.02 Å². The number of rotatable bonds is 2. The summed E-state index contributed by atoms with van der Waals surface area (Å²) in [4.78, 5) is 9.91. The average molecular weight is 215 g/mol. The highest BCUT2D eigenvalue weighted by atomic mass is 35.5. The van der Waals surface area contributed by atoms with Crippen LogP contribution < -0.4 is 5.46 Å². The molecule has 0 aromatic heterocycles. The highest BCUT2D eigenvalue weighted by Gasteiger charge is 2.22. The molecule has 0 saturated heterocycles. The van der Waals surface area contributed by atoms with Crippen LogP contribution in [0.4, 0.5) is 5.69 Å². The maximum absolute atomic E-state index is 10.5. The molecule has 5 nitrogen and oxygen atoms in total. The van der Waals surface area contributed by atoms with Gasteiger partial charge in [-0.3, -0.25) is 10.1 Å². The molecule has 0 aliphatic heterocycles. The van der Waals surface area contributed by atoms with Crippen molar-refractivity contribution in [1.82, 2.24) is 0 Å². The maximum atomic E-state index is 10.5. The fourth-order valence-corrected chi connectivity index (χ4v) is 1.36. The van der Waals surface area contributed by atoms with E-state index in [0.29, 0.717) is 0 Å². The minimum Gasteiger partial charge on any atom is -0.423 e. The largest absolute Gasteiger partial charge is 0.489 e. The third-order valence-electron chi connectivity index (χ3n) is 1.86. The van der Waals surface area contributed by atoms with Crippen LogP contribution in [0.15, 0.2) is 12.1 Å². The monoisotopic (exact) mass is 215 g/mol. The van der Waals surface area contributed by atoms with Gasteiger partial charge < -0.3 is 10.0 Å².